The van der Waals surface area contributed by atoms with Crippen molar-refractivity contribution in [3.63, 3.8) is 0 Å². The van der Waals surface area contributed by atoms with E-state index in [1.54, 1.807) is 31.3 Å². The van der Waals surface area contributed by atoms with Crippen LogP contribution in [-0.4, -0.2) is 28.9 Å². The van der Waals surface area contributed by atoms with Crippen LogP contribution in [0.25, 0.3) is 0 Å². The predicted molar refractivity (Wildman–Crippen MR) is 83.5 cm³/mol. The molecule has 2 amide bonds. The smallest absolute Gasteiger partial charge is 0.321 e. The summed E-state index contributed by atoms with van der Waals surface area (Å²) < 4.78 is 16.3. The quantitative estimate of drug-likeness (QED) is 0.941. The molecule has 1 aromatic heterocycles. The highest BCUT2D eigenvalue weighted by Gasteiger charge is 2.31. The molecule has 1 aliphatic rings. The first-order chi connectivity index (χ1) is 10.8. The second-order valence-corrected chi connectivity index (χ2v) is 5.98. The van der Waals surface area contributed by atoms with Gasteiger partial charge in [0.05, 0.1) is 6.54 Å². The lowest BCUT2D eigenvalue weighted by molar-refractivity contribution is -0.0431. The Morgan fingerprint density at radius 2 is 2.00 bits per heavy atom. The highest BCUT2D eigenvalue weighted by atomic mass is 16.7. The third-order valence-corrected chi connectivity index (χ3v) is 3.33. The molecule has 23 heavy (non-hydrogen) atoms. The molecule has 1 aliphatic heterocycles. The Morgan fingerprint density at radius 1 is 1.26 bits per heavy atom. The third-order valence-electron chi connectivity index (χ3n) is 3.33. The fourth-order valence-corrected chi connectivity index (χ4v) is 2.33. The van der Waals surface area contributed by atoms with Gasteiger partial charge in [-0.15, -0.1) is 0 Å². The van der Waals surface area contributed by atoms with Gasteiger partial charge in [-0.05, 0) is 19.1 Å². The number of nitrogens with zero attached hydrogens (tertiary/aromatic N) is 2. The van der Waals surface area contributed by atoms with Crippen LogP contribution in [0, 0.1) is 6.92 Å². The summed E-state index contributed by atoms with van der Waals surface area (Å²) in [5, 5.41) is 6.69. The van der Waals surface area contributed by atoms with Gasteiger partial charge in [0, 0.05) is 38.7 Å². The number of hydrogen-bond acceptors (Lipinski definition) is 5. The first-order valence-electron chi connectivity index (χ1n) is 7.29. The molecule has 0 atom stereocenters. The van der Waals surface area contributed by atoms with E-state index in [0.717, 1.165) is 0 Å². The molecule has 122 valence electrons. The Hall–Kier alpha value is -2.70. The van der Waals surface area contributed by atoms with E-state index < -0.39 is 5.79 Å². The molecule has 1 aromatic carbocycles. The lowest BCUT2D eigenvalue weighted by Gasteiger charge is -2.17. The van der Waals surface area contributed by atoms with Crippen molar-refractivity contribution >= 4 is 11.7 Å². The van der Waals surface area contributed by atoms with Gasteiger partial charge >= 0.3 is 6.03 Å². The summed E-state index contributed by atoms with van der Waals surface area (Å²) in [7, 11) is 1.69. The molecule has 7 heteroatoms. The van der Waals surface area contributed by atoms with Gasteiger partial charge in [0.1, 0.15) is 11.5 Å². The normalized spacial score (nSPS) is 14.6. The first kappa shape index (κ1) is 15.2. The number of hydrogen-bond donors (Lipinski definition) is 1. The van der Waals surface area contributed by atoms with Crippen molar-refractivity contribution in [1.29, 1.82) is 0 Å². The Kier molecular flexibility index (Phi) is 3.63. The van der Waals surface area contributed by atoms with Crippen molar-refractivity contribution in [3.05, 3.63) is 35.7 Å². The van der Waals surface area contributed by atoms with Gasteiger partial charge in [0.2, 0.25) is 5.79 Å². The van der Waals surface area contributed by atoms with Crippen molar-refractivity contribution < 1.29 is 18.8 Å². The number of carbonyl (C=O) groups excluding carboxylic acids is 1. The lowest BCUT2D eigenvalue weighted by atomic mass is 10.3. The highest BCUT2D eigenvalue weighted by molar-refractivity contribution is 5.89. The van der Waals surface area contributed by atoms with Crippen LogP contribution in [0.2, 0.25) is 0 Å². The number of ether oxygens (including phenoxy) is 2. The second kappa shape index (κ2) is 5.49. The minimum atomic E-state index is -0.688. The van der Waals surface area contributed by atoms with Crippen LogP contribution >= 0.6 is 0 Å². The summed E-state index contributed by atoms with van der Waals surface area (Å²) in [5.41, 5.74) is 1.34. The monoisotopic (exact) mass is 317 g/mol. The van der Waals surface area contributed by atoms with Crippen molar-refractivity contribution in [3.8, 4) is 11.5 Å². The molecule has 7 nitrogen and oxygen atoms in total. The predicted octanol–water partition coefficient (Wildman–Crippen LogP) is 3.15. The first-order valence-corrected chi connectivity index (χ1v) is 7.29. The van der Waals surface area contributed by atoms with Crippen LogP contribution in [0.1, 0.15) is 25.3 Å². The summed E-state index contributed by atoms with van der Waals surface area (Å²) in [5.74, 6) is 1.31. The van der Waals surface area contributed by atoms with Crippen LogP contribution in [0.15, 0.2) is 28.8 Å². The number of urea groups is 1. The number of anilines is 1. The minimum absolute atomic E-state index is 0.247. The van der Waals surface area contributed by atoms with Gasteiger partial charge in [0.15, 0.2) is 11.5 Å². The van der Waals surface area contributed by atoms with E-state index in [1.807, 2.05) is 20.8 Å². The number of aryl methyl sites for hydroxylation is 1. The zero-order valence-electron chi connectivity index (χ0n) is 13.5. The number of fused-ring (bicyclic) bond motifs is 1. The molecule has 0 bridgehead atoms. The van der Waals surface area contributed by atoms with E-state index in [4.69, 9.17) is 14.0 Å². The SMILES string of the molecule is Cc1cc(CN(C)C(=O)Nc2ccc3c(c2)OC(C)(C)O3)no1. The molecule has 0 saturated heterocycles. The molecule has 2 aromatic rings. The van der Waals surface area contributed by atoms with Gasteiger partial charge in [-0.3, -0.25) is 0 Å². The molecule has 1 N–H and O–H groups in total. The van der Waals surface area contributed by atoms with Crippen LogP contribution in [-0.2, 0) is 6.54 Å². The fourth-order valence-electron chi connectivity index (χ4n) is 2.33. The fraction of sp³-hybridized carbons (Fsp3) is 0.375. The number of aromatic nitrogens is 1. The van der Waals surface area contributed by atoms with Crippen LogP contribution in [0.3, 0.4) is 0 Å². The van der Waals surface area contributed by atoms with E-state index in [1.165, 1.54) is 4.90 Å². The number of benzene rings is 1. The van der Waals surface area contributed by atoms with Gasteiger partial charge in [0.25, 0.3) is 0 Å². The summed E-state index contributed by atoms with van der Waals surface area (Å²) in [6.45, 7) is 5.84. The molecule has 0 unspecified atom stereocenters. The molecule has 0 saturated carbocycles. The Morgan fingerprint density at radius 3 is 2.70 bits per heavy atom. The second-order valence-electron chi connectivity index (χ2n) is 5.98. The molecule has 0 radical (unpaired) electrons. The minimum Gasteiger partial charge on any atom is -0.449 e. The van der Waals surface area contributed by atoms with E-state index in [-0.39, 0.29) is 6.03 Å². The molecule has 3 rings (SSSR count). The Balaban J connectivity index is 1.64. The highest BCUT2D eigenvalue weighted by Crippen LogP contribution is 2.40. The van der Waals surface area contributed by atoms with Gasteiger partial charge in [-0.25, -0.2) is 4.79 Å². The molecular weight excluding hydrogens is 298 g/mol. The molecule has 0 aliphatic carbocycles. The third kappa shape index (κ3) is 3.39. The van der Waals surface area contributed by atoms with Crippen molar-refractivity contribution in [2.45, 2.75) is 33.1 Å². The molecule has 0 fully saturated rings. The largest absolute Gasteiger partial charge is 0.449 e. The molecule has 2 heterocycles. The molecular formula is C16H19N3O4. The standard InChI is InChI=1S/C16H19N3O4/c1-10-7-12(18-23-10)9-19(4)15(20)17-11-5-6-13-14(8-11)22-16(2,3)21-13/h5-8H,9H2,1-4H3,(H,17,20). The average Bonchev–Trinajstić information content (AvgIpc) is 2.99. The van der Waals surface area contributed by atoms with E-state index >= 15 is 0 Å². The lowest BCUT2D eigenvalue weighted by Crippen LogP contribution is -2.31. The van der Waals surface area contributed by atoms with Gasteiger partial charge in [-0.1, -0.05) is 5.16 Å². The van der Waals surface area contributed by atoms with Crippen LogP contribution in [0.5, 0.6) is 11.5 Å². The zero-order chi connectivity index (χ0) is 16.6. The average molecular weight is 317 g/mol. The summed E-state index contributed by atoms with van der Waals surface area (Å²) >= 11 is 0. The van der Waals surface area contributed by atoms with E-state index in [0.29, 0.717) is 35.2 Å². The summed E-state index contributed by atoms with van der Waals surface area (Å²) in [6.07, 6.45) is 0. The number of rotatable bonds is 3. The molecule has 0 spiro atoms. The summed E-state index contributed by atoms with van der Waals surface area (Å²) in [4.78, 5) is 13.8. The number of carbonyl (C=O) groups is 1. The maximum absolute atomic E-state index is 12.2. The number of amides is 2. The van der Waals surface area contributed by atoms with E-state index in [2.05, 4.69) is 10.5 Å². The van der Waals surface area contributed by atoms with Crippen molar-refractivity contribution in [1.82, 2.24) is 10.1 Å². The van der Waals surface area contributed by atoms with Crippen molar-refractivity contribution in [2.75, 3.05) is 12.4 Å². The zero-order valence-corrected chi connectivity index (χ0v) is 13.5. The maximum Gasteiger partial charge on any atom is 0.321 e. The van der Waals surface area contributed by atoms with Crippen LogP contribution < -0.4 is 14.8 Å². The Bertz CT molecular complexity index is 739. The van der Waals surface area contributed by atoms with Gasteiger partial charge in [-0.2, -0.15) is 0 Å². The van der Waals surface area contributed by atoms with E-state index in [9.17, 15) is 4.79 Å². The van der Waals surface area contributed by atoms with Crippen LogP contribution in [0.4, 0.5) is 10.5 Å². The topological polar surface area (TPSA) is 76.8 Å². The van der Waals surface area contributed by atoms with Crippen molar-refractivity contribution in [2.24, 2.45) is 0 Å². The maximum atomic E-state index is 12.2. The Labute approximate surface area is 134 Å². The summed E-state index contributed by atoms with van der Waals surface area (Å²) in [6, 6.07) is 6.85. The van der Waals surface area contributed by atoms with Gasteiger partial charge < -0.3 is 24.2 Å². The number of nitrogens with one attached hydrogen (secondary N) is 1.